The van der Waals surface area contributed by atoms with Gasteiger partial charge in [-0.25, -0.2) is 5.06 Å². The molecule has 0 fully saturated rings. The molecule has 1 aliphatic rings. The number of hydrogen-bond donors (Lipinski definition) is 1. The van der Waals surface area contributed by atoms with Crippen molar-refractivity contribution in [2.75, 3.05) is 14.2 Å². The second-order valence-electron chi connectivity index (χ2n) is 11.2. The van der Waals surface area contributed by atoms with Gasteiger partial charge in [0.25, 0.3) is 0 Å². The largest absolute Gasteiger partial charge is 0.503 e. The van der Waals surface area contributed by atoms with Crippen LogP contribution in [-0.2, 0) is 9.57 Å². The van der Waals surface area contributed by atoms with Crippen LogP contribution < -0.4 is 5.73 Å². The molecular formula is C42H38N2O2. The van der Waals surface area contributed by atoms with E-state index in [0.29, 0.717) is 12.1 Å². The highest BCUT2D eigenvalue weighted by Crippen LogP contribution is 2.42. The molecule has 2 N–H and O–H groups in total. The van der Waals surface area contributed by atoms with Gasteiger partial charge in [0.15, 0.2) is 0 Å². The molecule has 4 nitrogen and oxygen atoms in total. The molecule has 5 aromatic rings. The van der Waals surface area contributed by atoms with Crippen LogP contribution in [0, 0.1) is 0 Å². The first-order valence-corrected chi connectivity index (χ1v) is 15.4. The van der Waals surface area contributed by atoms with Crippen LogP contribution in [0.5, 0.6) is 0 Å². The summed E-state index contributed by atoms with van der Waals surface area (Å²) in [7, 11) is 3.29. The van der Waals surface area contributed by atoms with E-state index in [1.807, 2.05) is 24.4 Å². The normalized spacial score (nSPS) is 13.6. The zero-order chi connectivity index (χ0) is 32.0. The average Bonchev–Trinajstić information content (AvgIpc) is 3.88. The second-order valence-corrected chi connectivity index (χ2v) is 11.2. The number of nitrogens with zero attached hydrogens (tertiary/aromatic N) is 1. The topological polar surface area (TPSA) is 47.5 Å². The SMILES string of the molecule is C=C/C(=C\C/C(N)=C/OC)c1c2ccccc2c(/C(C=C)=C/CC2=CN2OC)c2cc(-c3ccc(-c4ccccc4)cc3)ccc12. The van der Waals surface area contributed by atoms with Crippen molar-refractivity contribution in [2.24, 2.45) is 5.73 Å². The monoisotopic (exact) mass is 602 g/mol. The number of benzene rings is 5. The van der Waals surface area contributed by atoms with E-state index in [1.54, 1.807) is 25.5 Å². The summed E-state index contributed by atoms with van der Waals surface area (Å²) in [6.45, 7) is 8.46. The molecule has 1 aliphatic heterocycles. The average molecular weight is 603 g/mol. The summed E-state index contributed by atoms with van der Waals surface area (Å²) in [5, 5.41) is 6.36. The zero-order valence-corrected chi connectivity index (χ0v) is 26.4. The summed E-state index contributed by atoms with van der Waals surface area (Å²) >= 11 is 0. The number of nitrogens with two attached hydrogens (primary N) is 1. The van der Waals surface area contributed by atoms with Crippen molar-refractivity contribution in [3.63, 3.8) is 0 Å². The lowest BCUT2D eigenvalue weighted by atomic mass is 9.84. The molecule has 46 heavy (non-hydrogen) atoms. The number of methoxy groups -OCH3 is 1. The highest BCUT2D eigenvalue weighted by molar-refractivity contribution is 6.18. The third-order valence-corrected chi connectivity index (χ3v) is 8.40. The molecule has 0 atom stereocenters. The summed E-state index contributed by atoms with van der Waals surface area (Å²) in [6.07, 6.45) is 13.1. The van der Waals surface area contributed by atoms with Crippen molar-refractivity contribution in [3.05, 3.63) is 170 Å². The summed E-state index contributed by atoms with van der Waals surface area (Å²) in [5.41, 5.74) is 17.0. The summed E-state index contributed by atoms with van der Waals surface area (Å²) in [5.74, 6) is 0. The molecule has 0 aromatic heterocycles. The van der Waals surface area contributed by atoms with Crippen LogP contribution in [0.2, 0.25) is 0 Å². The predicted molar refractivity (Wildman–Crippen MR) is 194 cm³/mol. The van der Waals surface area contributed by atoms with Gasteiger partial charge < -0.3 is 10.5 Å². The molecule has 0 saturated carbocycles. The summed E-state index contributed by atoms with van der Waals surface area (Å²) in [4.78, 5) is 5.35. The molecular weight excluding hydrogens is 564 g/mol. The molecule has 4 heteroatoms. The van der Waals surface area contributed by atoms with E-state index >= 15 is 0 Å². The van der Waals surface area contributed by atoms with Crippen molar-refractivity contribution < 1.29 is 9.57 Å². The van der Waals surface area contributed by atoms with Crippen molar-refractivity contribution in [2.45, 2.75) is 12.8 Å². The van der Waals surface area contributed by atoms with Crippen molar-refractivity contribution >= 4 is 32.7 Å². The number of hydroxylamine groups is 2. The molecule has 0 amide bonds. The van der Waals surface area contributed by atoms with E-state index in [0.717, 1.165) is 67.1 Å². The maximum atomic E-state index is 6.21. The van der Waals surface area contributed by atoms with Gasteiger partial charge in [-0.3, -0.25) is 4.84 Å². The van der Waals surface area contributed by atoms with E-state index in [9.17, 15) is 0 Å². The van der Waals surface area contributed by atoms with Gasteiger partial charge in [-0.05, 0) is 72.1 Å². The third-order valence-electron chi connectivity index (χ3n) is 8.40. The van der Waals surface area contributed by atoms with Crippen LogP contribution in [0.1, 0.15) is 24.0 Å². The fourth-order valence-corrected chi connectivity index (χ4v) is 6.10. The first-order chi connectivity index (χ1) is 22.6. The van der Waals surface area contributed by atoms with Crippen LogP contribution in [0.25, 0.3) is 54.9 Å². The van der Waals surface area contributed by atoms with E-state index < -0.39 is 0 Å². The second kappa shape index (κ2) is 13.6. The smallest absolute Gasteiger partial charge is 0.101 e. The number of rotatable bonds is 12. The minimum Gasteiger partial charge on any atom is -0.503 e. The molecule has 0 aliphatic carbocycles. The minimum absolute atomic E-state index is 0.543. The van der Waals surface area contributed by atoms with E-state index in [-0.39, 0.29) is 0 Å². The predicted octanol–water partition coefficient (Wildman–Crippen LogP) is 10.4. The number of fused-ring (bicyclic) bond motifs is 2. The Morgan fingerprint density at radius 1 is 0.674 bits per heavy atom. The summed E-state index contributed by atoms with van der Waals surface area (Å²) < 4.78 is 5.14. The van der Waals surface area contributed by atoms with E-state index in [1.165, 1.54) is 11.1 Å². The van der Waals surface area contributed by atoms with Crippen LogP contribution in [0.3, 0.4) is 0 Å². The van der Waals surface area contributed by atoms with Gasteiger partial charge in [0.2, 0.25) is 0 Å². The molecule has 5 aromatic carbocycles. The standard InChI is InChI=1S/C42H38N2O2/c1-5-29(20-23-35(43)28-45-3)41-37-14-10-11-15-38(37)42(30(6-2)21-24-36-27-44(36)46-4)40-26-34(22-25-39(40)41)33-18-16-32(17-19-33)31-12-8-7-9-13-31/h5-22,25-28H,1-2,23-24,43H2,3-4H3/b29-20+,30-21+,35-28-. The maximum absolute atomic E-state index is 6.21. The highest BCUT2D eigenvalue weighted by atomic mass is 16.7. The van der Waals surface area contributed by atoms with Gasteiger partial charge in [-0.2, -0.15) is 0 Å². The molecule has 6 rings (SSSR count). The van der Waals surface area contributed by atoms with E-state index in [4.69, 9.17) is 15.3 Å². The first-order valence-electron chi connectivity index (χ1n) is 15.4. The Balaban J connectivity index is 1.57. The molecule has 228 valence electrons. The van der Waals surface area contributed by atoms with Gasteiger partial charge in [0.1, 0.15) is 6.26 Å². The number of allylic oxidation sites excluding steroid dienone is 6. The lowest BCUT2D eigenvalue weighted by molar-refractivity contribution is -0.0147. The zero-order valence-electron chi connectivity index (χ0n) is 26.4. The Morgan fingerprint density at radius 3 is 1.83 bits per heavy atom. The Bertz CT molecular complexity index is 2050. The van der Waals surface area contributed by atoms with E-state index in [2.05, 4.69) is 116 Å². The van der Waals surface area contributed by atoms with Gasteiger partial charge >= 0.3 is 0 Å². The van der Waals surface area contributed by atoms with Gasteiger partial charge in [-0.1, -0.05) is 128 Å². The van der Waals surface area contributed by atoms with Crippen LogP contribution in [-0.4, -0.2) is 19.3 Å². The minimum atomic E-state index is 0.543. The molecule has 0 radical (unpaired) electrons. The third kappa shape index (κ3) is 6.16. The van der Waals surface area contributed by atoms with Crippen molar-refractivity contribution in [1.82, 2.24) is 5.06 Å². The quantitative estimate of drug-likeness (QED) is 0.0877. The molecule has 0 spiro atoms. The van der Waals surface area contributed by atoms with Gasteiger partial charge in [0.05, 0.1) is 26.1 Å². The van der Waals surface area contributed by atoms with Crippen molar-refractivity contribution in [3.8, 4) is 22.3 Å². The Labute approximate surface area is 271 Å². The number of ether oxygens (including phenoxy) is 1. The Hall–Kier alpha value is -5.58. The van der Waals surface area contributed by atoms with Crippen LogP contribution in [0.4, 0.5) is 0 Å². The van der Waals surface area contributed by atoms with Crippen molar-refractivity contribution in [1.29, 1.82) is 0 Å². The molecule has 0 unspecified atom stereocenters. The lowest BCUT2D eigenvalue weighted by Crippen LogP contribution is -1.98. The van der Waals surface area contributed by atoms with Gasteiger partial charge in [0, 0.05) is 18.5 Å². The number of hydrogen-bond acceptors (Lipinski definition) is 4. The molecule has 0 bridgehead atoms. The highest BCUT2D eigenvalue weighted by Gasteiger charge is 2.21. The molecule has 0 saturated heterocycles. The summed E-state index contributed by atoms with van der Waals surface area (Å²) in [6, 6.07) is 34.6. The Kier molecular flexibility index (Phi) is 9.00. The lowest BCUT2D eigenvalue weighted by Gasteiger charge is -2.20. The Morgan fingerprint density at radius 2 is 1.22 bits per heavy atom. The first kappa shape index (κ1) is 30.4. The van der Waals surface area contributed by atoms with Crippen LogP contribution >= 0.6 is 0 Å². The maximum Gasteiger partial charge on any atom is 0.101 e. The fraction of sp³-hybridized carbons (Fsp3) is 0.0952. The van der Waals surface area contributed by atoms with Gasteiger partial charge in [-0.15, -0.1) is 0 Å². The molecule has 1 heterocycles. The van der Waals surface area contributed by atoms with Crippen LogP contribution in [0.15, 0.2) is 158 Å². The fourth-order valence-electron chi connectivity index (χ4n) is 6.10.